The number of rotatable bonds is 6. The zero-order valence-corrected chi connectivity index (χ0v) is 30.8. The first-order valence-corrected chi connectivity index (χ1v) is 19.4. The molecule has 0 saturated carbocycles. The van der Waals surface area contributed by atoms with E-state index in [2.05, 4.69) is 164 Å². The van der Waals surface area contributed by atoms with E-state index in [4.69, 9.17) is 0 Å². The van der Waals surface area contributed by atoms with Crippen molar-refractivity contribution in [1.29, 1.82) is 0 Å². The summed E-state index contributed by atoms with van der Waals surface area (Å²) < 4.78 is 0. The molecule has 0 heterocycles. The second-order valence-electron chi connectivity index (χ2n) is 15.7. The molecule has 2 aliphatic carbocycles. The van der Waals surface area contributed by atoms with Gasteiger partial charge in [0.2, 0.25) is 0 Å². The summed E-state index contributed by atoms with van der Waals surface area (Å²) in [4.78, 5) is 0. The van der Waals surface area contributed by atoms with Crippen LogP contribution >= 0.6 is 0 Å². The minimum atomic E-state index is -0.400. The average Bonchev–Trinajstić information content (AvgIpc) is 3.69. The van der Waals surface area contributed by atoms with Crippen LogP contribution in [0.15, 0.2) is 194 Å². The van der Waals surface area contributed by atoms with Crippen molar-refractivity contribution in [2.75, 3.05) is 0 Å². The van der Waals surface area contributed by atoms with E-state index in [1.54, 1.807) is 6.07 Å². The smallest absolute Gasteiger partial charge is 0.116 e. The molecule has 11 rings (SSSR count). The van der Waals surface area contributed by atoms with Gasteiger partial charge in [0.25, 0.3) is 0 Å². The van der Waals surface area contributed by atoms with Crippen LogP contribution in [-0.2, 0) is 23.7 Å². The molecule has 2 N–H and O–H groups in total. The van der Waals surface area contributed by atoms with Crippen LogP contribution in [0.2, 0.25) is 0 Å². The minimum absolute atomic E-state index is 0.275. The fraction of sp³-hybridized carbons (Fsp3) is 0.0741. The molecule has 2 heteroatoms. The van der Waals surface area contributed by atoms with Crippen molar-refractivity contribution >= 4 is 21.5 Å². The standard InChI is InChI=1S/C54H38O2/c55-43-27-24-41(25-28-43)53(49-13-5-1-9-45(49)46-10-2-6-14-50(46)53)33-35-17-19-38-30-36(18-20-37(38)29-35)34-54(42-23-21-40-32-44(56)26-22-39(40)31-42)51-15-7-3-11-47(51)48-12-4-8-16-52(48)54/h1-32,55-56H,33-34H2. The Kier molecular flexibility index (Phi) is 7.15. The normalized spacial score (nSPS) is 14.3. The third-order valence-corrected chi connectivity index (χ3v) is 12.7. The summed E-state index contributed by atoms with van der Waals surface area (Å²) >= 11 is 0. The Labute approximate surface area is 326 Å². The van der Waals surface area contributed by atoms with Crippen molar-refractivity contribution in [3.05, 3.63) is 239 Å². The summed E-state index contributed by atoms with van der Waals surface area (Å²) in [6.07, 6.45) is 1.60. The molecular formula is C54H38O2. The topological polar surface area (TPSA) is 40.5 Å². The molecular weight excluding hydrogens is 681 g/mol. The van der Waals surface area contributed by atoms with Gasteiger partial charge in [-0.1, -0.05) is 164 Å². The minimum Gasteiger partial charge on any atom is -0.508 e. The van der Waals surface area contributed by atoms with Crippen LogP contribution in [0.4, 0.5) is 0 Å². The molecule has 9 aromatic rings. The number of hydrogen-bond acceptors (Lipinski definition) is 2. The average molecular weight is 719 g/mol. The van der Waals surface area contributed by atoms with Crippen molar-refractivity contribution in [3.63, 3.8) is 0 Å². The van der Waals surface area contributed by atoms with Crippen LogP contribution in [0.3, 0.4) is 0 Å². The molecule has 0 atom stereocenters. The van der Waals surface area contributed by atoms with E-state index in [0.29, 0.717) is 0 Å². The monoisotopic (exact) mass is 718 g/mol. The first-order valence-electron chi connectivity index (χ1n) is 19.4. The van der Waals surface area contributed by atoms with Gasteiger partial charge in [-0.2, -0.15) is 0 Å². The van der Waals surface area contributed by atoms with Gasteiger partial charge in [-0.3, -0.25) is 0 Å². The number of aromatic hydroxyl groups is 2. The highest BCUT2D eigenvalue weighted by molar-refractivity contribution is 5.90. The molecule has 2 aliphatic rings. The van der Waals surface area contributed by atoms with Gasteiger partial charge in [-0.15, -0.1) is 0 Å². The molecule has 0 fully saturated rings. The van der Waals surface area contributed by atoms with Gasteiger partial charge in [-0.05, 0) is 131 Å². The second kappa shape index (κ2) is 12.3. The maximum Gasteiger partial charge on any atom is 0.116 e. The van der Waals surface area contributed by atoms with Gasteiger partial charge in [0.15, 0.2) is 0 Å². The van der Waals surface area contributed by atoms with Crippen LogP contribution in [-0.4, -0.2) is 10.2 Å². The van der Waals surface area contributed by atoms with Crippen molar-refractivity contribution < 1.29 is 10.2 Å². The van der Waals surface area contributed by atoms with Crippen LogP contribution < -0.4 is 0 Å². The van der Waals surface area contributed by atoms with E-state index in [9.17, 15) is 10.2 Å². The Morgan fingerprint density at radius 2 is 0.661 bits per heavy atom. The van der Waals surface area contributed by atoms with Crippen molar-refractivity contribution in [3.8, 4) is 33.8 Å². The molecule has 0 aromatic heterocycles. The lowest BCUT2D eigenvalue weighted by atomic mass is 9.68. The molecule has 0 unspecified atom stereocenters. The van der Waals surface area contributed by atoms with Gasteiger partial charge in [0.05, 0.1) is 10.8 Å². The largest absolute Gasteiger partial charge is 0.508 e. The first-order chi connectivity index (χ1) is 27.5. The Morgan fingerprint density at radius 1 is 0.304 bits per heavy atom. The molecule has 0 saturated heterocycles. The number of phenols is 2. The van der Waals surface area contributed by atoms with E-state index in [-0.39, 0.29) is 11.5 Å². The van der Waals surface area contributed by atoms with Crippen molar-refractivity contribution in [2.45, 2.75) is 23.7 Å². The predicted octanol–water partition coefficient (Wildman–Crippen LogP) is 12.5. The predicted molar refractivity (Wildman–Crippen MR) is 229 cm³/mol. The summed E-state index contributed by atoms with van der Waals surface area (Å²) in [5.74, 6) is 0.557. The fourth-order valence-corrected chi connectivity index (χ4v) is 10.3. The van der Waals surface area contributed by atoms with Gasteiger partial charge in [0, 0.05) is 0 Å². The summed E-state index contributed by atoms with van der Waals surface area (Å²) in [6.45, 7) is 0. The Balaban J connectivity index is 1.03. The van der Waals surface area contributed by atoms with E-state index in [1.807, 2.05) is 24.3 Å². The van der Waals surface area contributed by atoms with Gasteiger partial charge < -0.3 is 10.2 Å². The molecule has 0 radical (unpaired) electrons. The van der Waals surface area contributed by atoms with E-state index < -0.39 is 10.8 Å². The Hall–Kier alpha value is -6.90. The highest BCUT2D eigenvalue weighted by atomic mass is 16.3. The lowest BCUT2D eigenvalue weighted by Crippen LogP contribution is -2.30. The maximum absolute atomic E-state index is 10.3. The van der Waals surface area contributed by atoms with Crippen LogP contribution in [0.1, 0.15) is 44.5 Å². The Bertz CT molecular complexity index is 2920. The SMILES string of the molecule is Oc1ccc(C2(Cc3ccc4cc(CC5(c6ccc7cc(O)ccc7c6)c6ccccc6-c6ccccc65)ccc4c3)c3ccccc3-c3ccccc32)cc1. The van der Waals surface area contributed by atoms with E-state index in [0.717, 1.165) is 23.6 Å². The lowest BCUT2D eigenvalue weighted by Gasteiger charge is -2.34. The number of benzene rings is 9. The maximum atomic E-state index is 10.3. The summed E-state index contributed by atoms with van der Waals surface area (Å²) in [5.41, 5.74) is 14.6. The van der Waals surface area contributed by atoms with Crippen molar-refractivity contribution in [1.82, 2.24) is 0 Å². The second-order valence-corrected chi connectivity index (χ2v) is 15.7. The fourth-order valence-electron chi connectivity index (χ4n) is 10.3. The molecule has 2 nitrogen and oxygen atoms in total. The summed E-state index contributed by atoms with van der Waals surface area (Å²) in [5, 5.41) is 25.1. The summed E-state index contributed by atoms with van der Waals surface area (Å²) in [7, 11) is 0. The molecule has 266 valence electrons. The van der Waals surface area contributed by atoms with E-state index in [1.165, 1.54) is 77.5 Å². The molecule has 0 bridgehead atoms. The van der Waals surface area contributed by atoms with Gasteiger partial charge >= 0.3 is 0 Å². The zero-order valence-electron chi connectivity index (χ0n) is 30.8. The van der Waals surface area contributed by atoms with E-state index >= 15 is 0 Å². The molecule has 0 amide bonds. The summed E-state index contributed by atoms with van der Waals surface area (Å²) in [6, 6.07) is 69.7. The quantitative estimate of drug-likeness (QED) is 0.180. The lowest BCUT2D eigenvalue weighted by molar-refractivity contribution is 0.474. The van der Waals surface area contributed by atoms with Crippen LogP contribution in [0, 0.1) is 0 Å². The van der Waals surface area contributed by atoms with Crippen LogP contribution in [0.25, 0.3) is 43.8 Å². The third-order valence-electron chi connectivity index (χ3n) is 12.7. The number of hydrogen-bond donors (Lipinski definition) is 2. The molecule has 9 aromatic carbocycles. The highest BCUT2D eigenvalue weighted by Gasteiger charge is 2.46. The zero-order chi connectivity index (χ0) is 37.4. The number of phenolic OH excluding ortho intramolecular Hbond substituents is 2. The molecule has 0 aliphatic heterocycles. The molecule has 56 heavy (non-hydrogen) atoms. The van der Waals surface area contributed by atoms with Gasteiger partial charge in [-0.25, -0.2) is 0 Å². The third kappa shape index (κ3) is 4.75. The Morgan fingerprint density at radius 3 is 1.16 bits per heavy atom. The highest BCUT2D eigenvalue weighted by Crippen LogP contribution is 2.56. The van der Waals surface area contributed by atoms with Crippen LogP contribution in [0.5, 0.6) is 11.5 Å². The first kappa shape index (κ1) is 32.5. The van der Waals surface area contributed by atoms with Crippen molar-refractivity contribution in [2.24, 2.45) is 0 Å². The van der Waals surface area contributed by atoms with Gasteiger partial charge in [0.1, 0.15) is 11.5 Å². The molecule has 0 spiro atoms. The number of fused-ring (bicyclic) bond motifs is 8.